The van der Waals surface area contributed by atoms with Gasteiger partial charge in [-0.15, -0.1) is 0 Å². The number of aromatic nitrogens is 2. The van der Waals surface area contributed by atoms with E-state index in [0.717, 1.165) is 73.6 Å². The molecule has 2 heterocycles. The number of carbonyl (C=O) groups is 1. The maximum atomic E-state index is 12.6. The number of anilines is 1. The number of rotatable bonds is 10. The summed E-state index contributed by atoms with van der Waals surface area (Å²) < 4.78 is 5.36. The first-order valence-corrected chi connectivity index (χ1v) is 12.3. The van der Waals surface area contributed by atoms with Crippen LogP contribution in [0.1, 0.15) is 40.5 Å². The number of hydrogen-bond acceptors (Lipinski definition) is 7. The molecule has 8 heteroatoms. The van der Waals surface area contributed by atoms with Gasteiger partial charge in [0.1, 0.15) is 5.82 Å². The van der Waals surface area contributed by atoms with E-state index in [1.54, 1.807) is 11.8 Å². The minimum atomic E-state index is -0.0315. The standard InChI is InChI=1S/C24H35N5O2S/c1-5-10-28(4)22-18(2)19(3)26-24(27-22)32-17-20-7-6-8-21(16-20)23(30)25-9-11-29-12-14-31-15-13-29/h6-8,16H,5,9-15,17H2,1-4H3,(H,25,30). The van der Waals surface area contributed by atoms with Gasteiger partial charge >= 0.3 is 0 Å². The second-order valence-corrected chi connectivity index (χ2v) is 9.10. The molecule has 32 heavy (non-hydrogen) atoms. The van der Waals surface area contributed by atoms with Crippen LogP contribution in [0.4, 0.5) is 5.82 Å². The number of thioether (sulfide) groups is 1. The van der Waals surface area contributed by atoms with Gasteiger partial charge in [0, 0.05) is 62.3 Å². The Balaban J connectivity index is 1.57. The third-order valence-electron chi connectivity index (χ3n) is 5.64. The highest BCUT2D eigenvalue weighted by molar-refractivity contribution is 7.98. The van der Waals surface area contributed by atoms with Gasteiger partial charge in [-0.25, -0.2) is 9.97 Å². The lowest BCUT2D eigenvalue weighted by atomic mass is 10.1. The molecule has 1 aromatic heterocycles. The van der Waals surface area contributed by atoms with E-state index in [9.17, 15) is 4.79 Å². The van der Waals surface area contributed by atoms with Crippen molar-refractivity contribution < 1.29 is 9.53 Å². The molecule has 7 nitrogen and oxygen atoms in total. The van der Waals surface area contributed by atoms with Gasteiger partial charge in [0.2, 0.25) is 0 Å². The summed E-state index contributed by atoms with van der Waals surface area (Å²) in [4.78, 5) is 26.5. The summed E-state index contributed by atoms with van der Waals surface area (Å²) in [5.41, 5.74) is 3.91. The van der Waals surface area contributed by atoms with Crippen molar-refractivity contribution in [3.8, 4) is 0 Å². The van der Waals surface area contributed by atoms with Crippen LogP contribution in [0.15, 0.2) is 29.4 Å². The van der Waals surface area contributed by atoms with Crippen molar-refractivity contribution in [2.75, 3.05) is 57.9 Å². The van der Waals surface area contributed by atoms with E-state index in [2.05, 4.69) is 41.0 Å². The van der Waals surface area contributed by atoms with Crippen molar-refractivity contribution in [3.05, 3.63) is 46.6 Å². The Morgan fingerprint density at radius 2 is 2.03 bits per heavy atom. The van der Waals surface area contributed by atoms with E-state index in [4.69, 9.17) is 9.72 Å². The van der Waals surface area contributed by atoms with Crippen LogP contribution >= 0.6 is 11.8 Å². The molecule has 0 atom stereocenters. The fourth-order valence-electron chi connectivity index (χ4n) is 3.67. The lowest BCUT2D eigenvalue weighted by Crippen LogP contribution is -2.41. The highest BCUT2D eigenvalue weighted by atomic mass is 32.2. The number of ether oxygens (including phenoxy) is 1. The maximum Gasteiger partial charge on any atom is 0.251 e. The zero-order chi connectivity index (χ0) is 22.9. The Morgan fingerprint density at radius 3 is 2.78 bits per heavy atom. The quantitative estimate of drug-likeness (QED) is 0.434. The molecule has 0 bridgehead atoms. The predicted molar refractivity (Wildman–Crippen MR) is 131 cm³/mol. The van der Waals surface area contributed by atoms with E-state index in [0.29, 0.717) is 17.9 Å². The van der Waals surface area contributed by atoms with Crippen molar-refractivity contribution in [1.29, 1.82) is 0 Å². The zero-order valence-corrected chi connectivity index (χ0v) is 20.5. The lowest BCUT2D eigenvalue weighted by molar-refractivity contribution is 0.0383. The minimum absolute atomic E-state index is 0.0315. The summed E-state index contributed by atoms with van der Waals surface area (Å²) in [5, 5.41) is 3.80. The van der Waals surface area contributed by atoms with Crippen LogP contribution in [0.25, 0.3) is 0 Å². The molecule has 0 unspecified atom stereocenters. The predicted octanol–water partition coefficient (Wildman–Crippen LogP) is 3.29. The fraction of sp³-hybridized carbons (Fsp3) is 0.542. The van der Waals surface area contributed by atoms with Gasteiger partial charge in [-0.3, -0.25) is 9.69 Å². The fourth-order valence-corrected chi connectivity index (χ4v) is 4.50. The Kier molecular flexibility index (Phi) is 9.32. The molecule has 1 aliphatic rings. The van der Waals surface area contributed by atoms with Gasteiger partial charge in [-0.2, -0.15) is 0 Å². The SMILES string of the molecule is CCCN(C)c1nc(SCc2cccc(C(=O)NCCN3CCOCC3)c2)nc(C)c1C. The number of nitrogens with one attached hydrogen (secondary N) is 1. The monoisotopic (exact) mass is 457 g/mol. The Hall–Kier alpha value is -2.16. The van der Waals surface area contributed by atoms with Crippen LogP contribution in [0.3, 0.4) is 0 Å². The molecule has 0 radical (unpaired) electrons. The molecule has 1 aliphatic heterocycles. The van der Waals surface area contributed by atoms with Crippen molar-refractivity contribution >= 4 is 23.5 Å². The first-order valence-electron chi connectivity index (χ1n) is 11.3. The van der Waals surface area contributed by atoms with Gasteiger partial charge in [-0.1, -0.05) is 30.8 Å². The molecule has 2 aromatic rings. The number of benzene rings is 1. The average Bonchev–Trinajstić information content (AvgIpc) is 2.80. The van der Waals surface area contributed by atoms with Crippen LogP contribution < -0.4 is 10.2 Å². The van der Waals surface area contributed by atoms with Crippen LogP contribution in [0.2, 0.25) is 0 Å². The van der Waals surface area contributed by atoms with Crippen molar-refractivity contribution in [2.45, 2.75) is 38.1 Å². The van der Waals surface area contributed by atoms with Gasteiger partial charge in [0.15, 0.2) is 5.16 Å². The smallest absolute Gasteiger partial charge is 0.251 e. The zero-order valence-electron chi connectivity index (χ0n) is 19.7. The lowest BCUT2D eigenvalue weighted by Gasteiger charge is -2.26. The number of amides is 1. The van der Waals surface area contributed by atoms with E-state index >= 15 is 0 Å². The van der Waals surface area contributed by atoms with Crippen LogP contribution in [-0.2, 0) is 10.5 Å². The normalized spacial score (nSPS) is 14.4. The molecule has 3 rings (SSSR count). The molecule has 1 amide bonds. The second-order valence-electron chi connectivity index (χ2n) is 8.16. The number of aryl methyl sites for hydroxylation is 1. The molecule has 174 valence electrons. The van der Waals surface area contributed by atoms with E-state index in [-0.39, 0.29) is 5.91 Å². The first kappa shape index (κ1) is 24.5. The summed E-state index contributed by atoms with van der Waals surface area (Å²) in [6, 6.07) is 7.81. The van der Waals surface area contributed by atoms with Gasteiger partial charge in [0.05, 0.1) is 13.2 Å². The van der Waals surface area contributed by atoms with Crippen molar-refractivity contribution in [2.24, 2.45) is 0 Å². The molecular weight excluding hydrogens is 422 g/mol. The number of hydrogen-bond donors (Lipinski definition) is 1. The molecule has 0 aliphatic carbocycles. The molecule has 0 saturated carbocycles. The number of carbonyl (C=O) groups excluding carboxylic acids is 1. The molecule has 0 spiro atoms. The van der Waals surface area contributed by atoms with Gasteiger partial charge in [-0.05, 0) is 38.0 Å². The van der Waals surface area contributed by atoms with E-state index < -0.39 is 0 Å². The number of morpholine rings is 1. The van der Waals surface area contributed by atoms with Crippen LogP contribution in [0.5, 0.6) is 0 Å². The van der Waals surface area contributed by atoms with Crippen molar-refractivity contribution in [3.63, 3.8) is 0 Å². The topological polar surface area (TPSA) is 70.6 Å². The maximum absolute atomic E-state index is 12.6. The summed E-state index contributed by atoms with van der Waals surface area (Å²) in [6.45, 7) is 12.1. The summed E-state index contributed by atoms with van der Waals surface area (Å²) in [6.07, 6.45) is 1.07. The molecule has 1 N–H and O–H groups in total. The Morgan fingerprint density at radius 1 is 1.25 bits per heavy atom. The minimum Gasteiger partial charge on any atom is -0.379 e. The highest BCUT2D eigenvalue weighted by Crippen LogP contribution is 2.26. The third kappa shape index (κ3) is 6.92. The van der Waals surface area contributed by atoms with E-state index in [1.807, 2.05) is 31.2 Å². The summed E-state index contributed by atoms with van der Waals surface area (Å²) >= 11 is 1.60. The Labute approximate surface area is 195 Å². The van der Waals surface area contributed by atoms with Gasteiger partial charge in [0.25, 0.3) is 5.91 Å². The first-order chi connectivity index (χ1) is 15.5. The van der Waals surface area contributed by atoms with Crippen LogP contribution in [-0.4, -0.2) is 73.8 Å². The van der Waals surface area contributed by atoms with E-state index in [1.165, 1.54) is 0 Å². The summed E-state index contributed by atoms with van der Waals surface area (Å²) in [5.74, 6) is 1.68. The Bertz CT molecular complexity index is 902. The third-order valence-corrected chi connectivity index (χ3v) is 6.56. The van der Waals surface area contributed by atoms with Gasteiger partial charge < -0.3 is 15.0 Å². The highest BCUT2D eigenvalue weighted by Gasteiger charge is 2.14. The molecular formula is C24H35N5O2S. The molecule has 1 saturated heterocycles. The second kappa shape index (κ2) is 12.2. The molecule has 1 fully saturated rings. The van der Waals surface area contributed by atoms with Crippen molar-refractivity contribution in [1.82, 2.24) is 20.2 Å². The number of nitrogens with zero attached hydrogens (tertiary/aromatic N) is 4. The largest absolute Gasteiger partial charge is 0.379 e. The average molecular weight is 458 g/mol. The van der Waals surface area contributed by atoms with Crippen LogP contribution in [0, 0.1) is 13.8 Å². The molecule has 1 aromatic carbocycles. The summed E-state index contributed by atoms with van der Waals surface area (Å²) in [7, 11) is 2.08.